The number of alkyl halides is 3. The second-order valence-electron chi connectivity index (χ2n) is 6.49. The normalized spacial score (nSPS) is 19.8. The monoisotopic (exact) mass is 409 g/mol. The molecule has 0 saturated carbocycles. The molecule has 2 atom stereocenters. The Morgan fingerprint density at radius 1 is 1.32 bits per heavy atom. The fourth-order valence-electron chi connectivity index (χ4n) is 3.30. The van der Waals surface area contributed by atoms with Gasteiger partial charge >= 0.3 is 6.18 Å². The molecule has 3 rings (SSSR count). The minimum Gasteiger partial charge on any atom is -0.344 e. The van der Waals surface area contributed by atoms with E-state index >= 15 is 0 Å². The van der Waals surface area contributed by atoms with Crippen LogP contribution in [-0.2, 0) is 15.8 Å². The van der Waals surface area contributed by atoms with Crippen LogP contribution in [0.1, 0.15) is 17.0 Å². The van der Waals surface area contributed by atoms with Crippen LogP contribution in [0.25, 0.3) is 0 Å². The Bertz CT molecular complexity index is 904. The lowest BCUT2D eigenvalue weighted by atomic mass is 9.87. The number of carbonyl (C=O) groups is 2. The van der Waals surface area contributed by atoms with E-state index in [0.717, 1.165) is 17.0 Å². The van der Waals surface area contributed by atoms with E-state index in [2.05, 4.69) is 10.3 Å². The highest BCUT2D eigenvalue weighted by Gasteiger charge is 2.45. The van der Waals surface area contributed by atoms with Crippen molar-refractivity contribution in [2.45, 2.75) is 17.0 Å². The molecule has 1 saturated heterocycles. The van der Waals surface area contributed by atoms with Crippen molar-refractivity contribution in [3.05, 3.63) is 53.9 Å². The zero-order valence-corrected chi connectivity index (χ0v) is 16.0. The Kier molecular flexibility index (Phi) is 5.64. The summed E-state index contributed by atoms with van der Waals surface area (Å²) in [7, 11) is 1.54. The fourth-order valence-corrected chi connectivity index (χ4v) is 3.82. The lowest BCUT2D eigenvalue weighted by Gasteiger charge is -2.19. The van der Waals surface area contributed by atoms with E-state index in [-0.39, 0.29) is 6.54 Å². The van der Waals surface area contributed by atoms with Gasteiger partial charge in [-0.1, -0.05) is 18.2 Å². The van der Waals surface area contributed by atoms with E-state index in [4.69, 9.17) is 0 Å². The quantitative estimate of drug-likeness (QED) is 0.619. The van der Waals surface area contributed by atoms with Gasteiger partial charge in [0.2, 0.25) is 11.8 Å². The maximum absolute atomic E-state index is 13.1. The third-order valence-corrected chi connectivity index (χ3v) is 5.49. The molecule has 2 heterocycles. The first-order valence-electron chi connectivity index (χ1n) is 8.43. The van der Waals surface area contributed by atoms with E-state index in [1.54, 1.807) is 12.3 Å². The van der Waals surface area contributed by atoms with Gasteiger partial charge < -0.3 is 10.2 Å². The number of carbonyl (C=O) groups excluding carboxylic acids is 2. The molecule has 2 amide bonds. The van der Waals surface area contributed by atoms with Crippen LogP contribution in [0, 0.1) is 5.92 Å². The van der Waals surface area contributed by atoms with Gasteiger partial charge in [0.1, 0.15) is 5.92 Å². The molecule has 0 radical (unpaired) electrons. The number of hydrogen-bond donors (Lipinski definition) is 1. The highest BCUT2D eigenvalue weighted by atomic mass is 32.2. The summed E-state index contributed by atoms with van der Waals surface area (Å²) in [6.45, 7) is 0.167. The number of thioether (sulfide) groups is 1. The summed E-state index contributed by atoms with van der Waals surface area (Å²) in [4.78, 5) is 31.6. The minimum atomic E-state index is -4.49. The number of likely N-dealkylation sites (N-methyl/N-ethyl adjacent to an activating group) is 1. The third-order valence-electron chi connectivity index (χ3n) is 4.70. The smallest absolute Gasteiger partial charge is 0.344 e. The number of halogens is 3. The molecule has 148 valence electrons. The SMILES string of the molecule is CSc1ccncc1NC(=O)[C@H]1C(=O)N(C)C[C@@H]1c1cccc(C(F)(F)F)c1. The van der Waals surface area contributed by atoms with E-state index in [1.165, 1.54) is 42.0 Å². The van der Waals surface area contributed by atoms with Crippen LogP contribution in [0.2, 0.25) is 0 Å². The molecule has 5 nitrogen and oxygen atoms in total. The van der Waals surface area contributed by atoms with Crippen molar-refractivity contribution in [3.8, 4) is 0 Å². The van der Waals surface area contributed by atoms with Crippen LogP contribution in [-0.4, -0.2) is 41.5 Å². The number of amides is 2. The molecule has 0 spiro atoms. The van der Waals surface area contributed by atoms with Crippen molar-refractivity contribution in [2.24, 2.45) is 5.92 Å². The van der Waals surface area contributed by atoms with Gasteiger partial charge in [-0.05, 0) is 24.0 Å². The van der Waals surface area contributed by atoms with Crippen LogP contribution in [0.3, 0.4) is 0 Å². The molecule has 1 aromatic carbocycles. The molecule has 1 aliphatic rings. The van der Waals surface area contributed by atoms with Crippen molar-refractivity contribution >= 4 is 29.3 Å². The van der Waals surface area contributed by atoms with E-state index < -0.39 is 35.4 Å². The van der Waals surface area contributed by atoms with Gasteiger partial charge in [-0.2, -0.15) is 13.2 Å². The van der Waals surface area contributed by atoms with Crippen LogP contribution in [0.15, 0.2) is 47.6 Å². The standard InChI is InChI=1S/C19H18F3N3O2S/c1-25-10-13(11-4-3-5-12(8-11)19(20,21)22)16(18(25)27)17(26)24-14-9-23-7-6-15(14)28-2/h3-9,13,16H,10H2,1-2H3,(H,24,26)/t13-,16+/m1/s1. The largest absolute Gasteiger partial charge is 0.416 e. The predicted molar refractivity (Wildman–Crippen MR) is 100.0 cm³/mol. The number of anilines is 1. The Balaban J connectivity index is 1.92. The van der Waals surface area contributed by atoms with E-state index in [1.807, 2.05) is 6.26 Å². The molecule has 2 aromatic rings. The van der Waals surface area contributed by atoms with Gasteiger partial charge in [-0.25, -0.2) is 0 Å². The Morgan fingerprint density at radius 2 is 2.07 bits per heavy atom. The maximum Gasteiger partial charge on any atom is 0.416 e. The van der Waals surface area contributed by atoms with E-state index in [9.17, 15) is 22.8 Å². The molecule has 1 aromatic heterocycles. The molecule has 0 aliphatic carbocycles. The van der Waals surface area contributed by atoms with Gasteiger partial charge in [-0.3, -0.25) is 14.6 Å². The number of likely N-dealkylation sites (tertiary alicyclic amines) is 1. The van der Waals surface area contributed by atoms with Crippen molar-refractivity contribution in [1.29, 1.82) is 0 Å². The zero-order chi connectivity index (χ0) is 20.5. The molecular formula is C19H18F3N3O2S. The molecular weight excluding hydrogens is 391 g/mol. The summed E-state index contributed by atoms with van der Waals surface area (Å²) < 4.78 is 39.2. The molecule has 28 heavy (non-hydrogen) atoms. The van der Waals surface area contributed by atoms with Gasteiger partial charge in [0.15, 0.2) is 0 Å². The molecule has 0 bridgehead atoms. The van der Waals surface area contributed by atoms with Gasteiger partial charge in [0.25, 0.3) is 0 Å². The maximum atomic E-state index is 13.1. The number of aromatic nitrogens is 1. The number of rotatable bonds is 4. The summed E-state index contributed by atoms with van der Waals surface area (Å²) in [5, 5.41) is 2.71. The predicted octanol–water partition coefficient (Wildman–Crippen LogP) is 3.63. The van der Waals surface area contributed by atoms with Gasteiger partial charge in [-0.15, -0.1) is 11.8 Å². The first-order chi connectivity index (χ1) is 13.2. The molecule has 9 heteroatoms. The van der Waals surface area contributed by atoms with Crippen molar-refractivity contribution in [3.63, 3.8) is 0 Å². The Labute approximate surface area is 164 Å². The van der Waals surface area contributed by atoms with Crippen LogP contribution in [0.5, 0.6) is 0 Å². The summed E-state index contributed by atoms with van der Waals surface area (Å²) in [6, 6.07) is 6.52. The average molecular weight is 409 g/mol. The van der Waals surface area contributed by atoms with Gasteiger partial charge in [0, 0.05) is 30.6 Å². The summed E-state index contributed by atoms with van der Waals surface area (Å²) >= 11 is 1.41. The number of pyridine rings is 1. The number of nitrogens with zero attached hydrogens (tertiary/aromatic N) is 2. The van der Waals surface area contributed by atoms with Crippen molar-refractivity contribution < 1.29 is 22.8 Å². The topological polar surface area (TPSA) is 62.3 Å². The number of hydrogen-bond acceptors (Lipinski definition) is 4. The highest BCUT2D eigenvalue weighted by molar-refractivity contribution is 7.98. The zero-order valence-electron chi connectivity index (χ0n) is 15.2. The van der Waals surface area contributed by atoms with Gasteiger partial charge in [0.05, 0.1) is 17.4 Å². The van der Waals surface area contributed by atoms with Crippen LogP contribution in [0.4, 0.5) is 18.9 Å². The molecule has 0 unspecified atom stereocenters. The minimum absolute atomic E-state index is 0.167. The summed E-state index contributed by atoms with van der Waals surface area (Å²) in [5.74, 6) is -2.76. The second-order valence-corrected chi connectivity index (χ2v) is 7.34. The Morgan fingerprint density at radius 3 is 2.75 bits per heavy atom. The molecule has 1 N–H and O–H groups in total. The lowest BCUT2D eigenvalue weighted by molar-refractivity contribution is -0.137. The number of benzene rings is 1. The lowest BCUT2D eigenvalue weighted by Crippen LogP contribution is -2.33. The Hall–Kier alpha value is -2.55. The molecule has 1 fully saturated rings. The number of nitrogens with one attached hydrogen (secondary N) is 1. The highest BCUT2D eigenvalue weighted by Crippen LogP contribution is 2.37. The molecule has 1 aliphatic heterocycles. The fraction of sp³-hybridized carbons (Fsp3) is 0.316. The third kappa shape index (κ3) is 3.99. The van der Waals surface area contributed by atoms with Crippen molar-refractivity contribution in [1.82, 2.24) is 9.88 Å². The average Bonchev–Trinajstić information content (AvgIpc) is 2.96. The first kappa shape index (κ1) is 20.2. The summed E-state index contributed by atoms with van der Waals surface area (Å²) in [6.07, 6.45) is 0.406. The van der Waals surface area contributed by atoms with Crippen LogP contribution < -0.4 is 5.32 Å². The van der Waals surface area contributed by atoms with E-state index in [0.29, 0.717) is 11.3 Å². The summed E-state index contributed by atoms with van der Waals surface area (Å²) in [5.41, 5.74) is -0.0304. The first-order valence-corrected chi connectivity index (χ1v) is 9.66. The van der Waals surface area contributed by atoms with Crippen molar-refractivity contribution in [2.75, 3.05) is 25.2 Å². The second kappa shape index (κ2) is 7.83. The van der Waals surface area contributed by atoms with Crippen LogP contribution >= 0.6 is 11.8 Å².